The largest absolute Gasteiger partial charge is 0.319 e. The van der Waals surface area contributed by atoms with E-state index in [1.807, 2.05) is 0 Å². The molecule has 3 heteroatoms. The van der Waals surface area contributed by atoms with Crippen molar-refractivity contribution in [3.8, 4) is 0 Å². The van der Waals surface area contributed by atoms with Crippen LogP contribution in [0.5, 0.6) is 0 Å². The third kappa shape index (κ3) is 2.95. The van der Waals surface area contributed by atoms with Crippen LogP contribution in [0.15, 0.2) is 22.7 Å². The molecule has 1 fully saturated rings. The van der Waals surface area contributed by atoms with Crippen molar-refractivity contribution in [3.05, 3.63) is 33.8 Å². The number of halogens is 1. The minimum atomic E-state index is 0.529. The SMILES string of the molecule is CNCC1CCCN(C)C1c1ccc(C)cc1Br. The Hall–Kier alpha value is -0.380. The van der Waals surface area contributed by atoms with Crippen molar-refractivity contribution in [1.82, 2.24) is 10.2 Å². The summed E-state index contributed by atoms with van der Waals surface area (Å²) in [6.07, 6.45) is 2.62. The van der Waals surface area contributed by atoms with Crippen molar-refractivity contribution in [2.45, 2.75) is 25.8 Å². The molecule has 18 heavy (non-hydrogen) atoms. The molecule has 1 aliphatic rings. The standard InChI is InChI=1S/C15H23BrN2/c1-11-6-7-13(14(16)9-11)15-12(10-17-2)5-4-8-18(15)3/h6-7,9,12,15,17H,4-5,8,10H2,1-3H3. The van der Waals surface area contributed by atoms with Gasteiger partial charge in [0.1, 0.15) is 0 Å². The molecule has 0 radical (unpaired) electrons. The van der Waals surface area contributed by atoms with E-state index < -0.39 is 0 Å². The van der Waals surface area contributed by atoms with Gasteiger partial charge in [0.15, 0.2) is 0 Å². The number of hydrogen-bond donors (Lipinski definition) is 1. The molecule has 0 aromatic heterocycles. The fourth-order valence-corrected chi connectivity index (χ4v) is 3.83. The Morgan fingerprint density at radius 1 is 1.44 bits per heavy atom. The van der Waals surface area contributed by atoms with Gasteiger partial charge in [0, 0.05) is 10.5 Å². The second-order valence-electron chi connectivity index (χ2n) is 5.41. The fourth-order valence-electron chi connectivity index (χ4n) is 3.10. The third-order valence-corrected chi connectivity index (χ3v) is 4.63. The molecule has 1 aromatic rings. The van der Waals surface area contributed by atoms with Crippen molar-refractivity contribution in [1.29, 1.82) is 0 Å². The number of nitrogens with zero attached hydrogens (tertiary/aromatic N) is 1. The van der Waals surface area contributed by atoms with Gasteiger partial charge >= 0.3 is 0 Å². The van der Waals surface area contributed by atoms with E-state index in [4.69, 9.17) is 0 Å². The zero-order valence-corrected chi connectivity index (χ0v) is 13.1. The smallest absolute Gasteiger partial charge is 0.0396 e. The van der Waals surface area contributed by atoms with Crippen LogP contribution >= 0.6 is 15.9 Å². The first-order valence-electron chi connectivity index (χ1n) is 6.74. The first-order chi connectivity index (χ1) is 8.63. The first kappa shape index (κ1) is 14.0. The number of nitrogens with one attached hydrogen (secondary N) is 1. The van der Waals surface area contributed by atoms with Gasteiger partial charge in [-0.05, 0) is 70.1 Å². The lowest BCUT2D eigenvalue weighted by atomic mass is 9.84. The monoisotopic (exact) mass is 310 g/mol. The van der Waals surface area contributed by atoms with Crippen molar-refractivity contribution in [2.75, 3.05) is 27.2 Å². The predicted octanol–water partition coefficient (Wildman–Crippen LogP) is 3.36. The van der Waals surface area contributed by atoms with Crippen LogP contribution in [0.25, 0.3) is 0 Å². The summed E-state index contributed by atoms with van der Waals surface area (Å²) in [7, 11) is 4.30. The van der Waals surface area contributed by atoms with E-state index >= 15 is 0 Å². The molecular formula is C15H23BrN2. The molecule has 0 amide bonds. The van der Waals surface area contributed by atoms with E-state index in [9.17, 15) is 0 Å². The number of benzene rings is 1. The maximum atomic E-state index is 3.74. The molecule has 0 aliphatic carbocycles. The summed E-state index contributed by atoms with van der Waals surface area (Å²) in [6.45, 7) is 4.44. The molecule has 0 spiro atoms. The summed E-state index contributed by atoms with van der Waals surface area (Å²) >= 11 is 3.74. The Morgan fingerprint density at radius 3 is 2.89 bits per heavy atom. The maximum absolute atomic E-state index is 3.74. The lowest BCUT2D eigenvalue weighted by molar-refractivity contribution is 0.120. The lowest BCUT2D eigenvalue weighted by Gasteiger charge is -2.40. The second-order valence-corrected chi connectivity index (χ2v) is 6.26. The zero-order valence-electron chi connectivity index (χ0n) is 11.5. The van der Waals surface area contributed by atoms with Gasteiger partial charge < -0.3 is 5.32 Å². The topological polar surface area (TPSA) is 15.3 Å². The summed E-state index contributed by atoms with van der Waals surface area (Å²) in [5.41, 5.74) is 2.75. The molecular weight excluding hydrogens is 288 g/mol. The first-order valence-corrected chi connectivity index (χ1v) is 7.53. The van der Waals surface area contributed by atoms with Crippen LogP contribution in [0.1, 0.15) is 30.0 Å². The van der Waals surface area contributed by atoms with Crippen LogP contribution in [-0.4, -0.2) is 32.1 Å². The number of piperidine rings is 1. The van der Waals surface area contributed by atoms with Crippen molar-refractivity contribution in [2.24, 2.45) is 5.92 Å². The van der Waals surface area contributed by atoms with Gasteiger partial charge in [-0.2, -0.15) is 0 Å². The van der Waals surface area contributed by atoms with Gasteiger partial charge in [-0.25, -0.2) is 0 Å². The molecule has 1 aliphatic heterocycles. The zero-order chi connectivity index (χ0) is 13.1. The molecule has 1 N–H and O–H groups in total. The highest BCUT2D eigenvalue weighted by molar-refractivity contribution is 9.10. The van der Waals surface area contributed by atoms with Crippen molar-refractivity contribution < 1.29 is 0 Å². The van der Waals surface area contributed by atoms with Crippen LogP contribution in [0, 0.1) is 12.8 Å². The number of aryl methyl sites for hydroxylation is 1. The molecule has 100 valence electrons. The summed E-state index contributed by atoms with van der Waals surface area (Å²) in [6, 6.07) is 7.27. The van der Waals surface area contributed by atoms with E-state index in [1.165, 1.54) is 35.0 Å². The second kappa shape index (κ2) is 6.18. The minimum absolute atomic E-state index is 0.529. The summed E-state index contributed by atoms with van der Waals surface area (Å²) in [5, 5.41) is 3.35. The summed E-state index contributed by atoms with van der Waals surface area (Å²) in [4.78, 5) is 2.50. The molecule has 1 aromatic carbocycles. The third-order valence-electron chi connectivity index (χ3n) is 3.95. The Balaban J connectivity index is 2.31. The summed E-state index contributed by atoms with van der Waals surface area (Å²) < 4.78 is 1.25. The lowest BCUT2D eigenvalue weighted by Crippen LogP contribution is -2.40. The molecule has 2 nitrogen and oxygen atoms in total. The van der Waals surface area contributed by atoms with Crippen LogP contribution in [0.3, 0.4) is 0 Å². The van der Waals surface area contributed by atoms with Crippen LogP contribution in [-0.2, 0) is 0 Å². The Kier molecular flexibility index (Phi) is 4.82. The molecule has 2 rings (SSSR count). The van der Waals surface area contributed by atoms with E-state index in [-0.39, 0.29) is 0 Å². The average Bonchev–Trinajstić information content (AvgIpc) is 2.31. The van der Waals surface area contributed by atoms with Crippen LogP contribution in [0.2, 0.25) is 0 Å². The molecule has 2 atom stereocenters. The molecule has 1 saturated heterocycles. The van der Waals surface area contributed by atoms with E-state index in [0.29, 0.717) is 12.0 Å². The maximum Gasteiger partial charge on any atom is 0.0396 e. The van der Waals surface area contributed by atoms with Gasteiger partial charge in [0.2, 0.25) is 0 Å². The van der Waals surface area contributed by atoms with Crippen LogP contribution < -0.4 is 5.32 Å². The highest BCUT2D eigenvalue weighted by Gasteiger charge is 2.31. The van der Waals surface area contributed by atoms with Crippen LogP contribution in [0.4, 0.5) is 0 Å². The number of likely N-dealkylation sites (tertiary alicyclic amines) is 1. The van der Waals surface area contributed by atoms with Gasteiger partial charge in [-0.3, -0.25) is 4.90 Å². The van der Waals surface area contributed by atoms with Crippen molar-refractivity contribution in [3.63, 3.8) is 0 Å². The molecule has 2 unspecified atom stereocenters. The number of rotatable bonds is 3. The highest BCUT2D eigenvalue weighted by atomic mass is 79.9. The Labute approximate surface area is 119 Å². The van der Waals surface area contributed by atoms with E-state index in [0.717, 1.165) is 6.54 Å². The highest BCUT2D eigenvalue weighted by Crippen LogP contribution is 2.38. The van der Waals surface area contributed by atoms with E-state index in [1.54, 1.807) is 0 Å². The Bertz CT molecular complexity index is 403. The van der Waals surface area contributed by atoms with Gasteiger partial charge in [0.05, 0.1) is 0 Å². The number of hydrogen-bond acceptors (Lipinski definition) is 2. The minimum Gasteiger partial charge on any atom is -0.319 e. The predicted molar refractivity (Wildman–Crippen MR) is 80.9 cm³/mol. The molecule has 1 heterocycles. The van der Waals surface area contributed by atoms with Gasteiger partial charge in [0.25, 0.3) is 0 Å². The van der Waals surface area contributed by atoms with E-state index in [2.05, 4.69) is 65.4 Å². The van der Waals surface area contributed by atoms with Gasteiger partial charge in [-0.1, -0.05) is 28.1 Å². The summed E-state index contributed by atoms with van der Waals surface area (Å²) in [5.74, 6) is 0.702. The molecule has 0 saturated carbocycles. The van der Waals surface area contributed by atoms with Crippen molar-refractivity contribution >= 4 is 15.9 Å². The normalized spacial score (nSPS) is 25.3. The fraction of sp³-hybridized carbons (Fsp3) is 0.600. The Morgan fingerprint density at radius 2 is 2.22 bits per heavy atom. The molecule has 0 bridgehead atoms. The van der Waals surface area contributed by atoms with Gasteiger partial charge in [-0.15, -0.1) is 0 Å². The average molecular weight is 311 g/mol. The quantitative estimate of drug-likeness (QED) is 0.921.